The molecule has 0 radical (unpaired) electrons. The fraction of sp³-hybridized carbons (Fsp3) is 0.433. The van der Waals surface area contributed by atoms with Crippen LogP contribution in [0.4, 0.5) is 18.0 Å². The molecule has 2 aromatic carbocycles. The molecular formula is C30H34F3N5O4S. The molecule has 4 rings (SSSR count). The molecule has 1 unspecified atom stereocenters. The van der Waals surface area contributed by atoms with E-state index in [4.69, 9.17) is 21.7 Å². The van der Waals surface area contributed by atoms with Crippen LogP contribution < -0.4 is 10.6 Å². The number of ether oxygens (including phenoxy) is 2. The van der Waals surface area contributed by atoms with Crippen LogP contribution in [0.2, 0.25) is 0 Å². The van der Waals surface area contributed by atoms with E-state index in [1.807, 2.05) is 6.07 Å². The van der Waals surface area contributed by atoms with Crippen molar-refractivity contribution in [3.05, 3.63) is 71.9 Å². The van der Waals surface area contributed by atoms with Crippen LogP contribution in [0.3, 0.4) is 0 Å². The van der Waals surface area contributed by atoms with Crippen molar-refractivity contribution >= 4 is 29.4 Å². The molecular weight excluding hydrogens is 583 g/mol. The zero-order chi connectivity index (χ0) is 31.4. The highest BCUT2D eigenvalue weighted by atomic mass is 32.1. The number of thiocarbonyl (C=S) groups is 1. The van der Waals surface area contributed by atoms with Crippen molar-refractivity contribution in [1.82, 2.24) is 25.6 Å². The third-order valence-corrected chi connectivity index (χ3v) is 7.18. The van der Waals surface area contributed by atoms with Crippen molar-refractivity contribution in [2.24, 2.45) is 5.41 Å². The number of nitrogens with zero attached hydrogens (tertiary/aromatic N) is 3. The average Bonchev–Trinajstić information content (AvgIpc) is 3.67. The highest BCUT2D eigenvalue weighted by Gasteiger charge is 2.56. The second kappa shape index (κ2) is 12.7. The number of halogens is 3. The van der Waals surface area contributed by atoms with Crippen LogP contribution in [-0.4, -0.2) is 44.4 Å². The standard InChI is InChI=1S/C30H34F3N5O4S/c1-19(2)42-25(39)29(18-28(3,4)30(31,32)33,36-26(43)35-27(40)41-17-20-8-6-5-7-9-20)22-12-10-21(11-13-22)24-16-34-38(37-24)23-14-15-23/h5-13,16,19,23H,14-15,17-18H2,1-4H3,(H2,35,36,40,43). The monoisotopic (exact) mass is 617 g/mol. The largest absolute Gasteiger partial charge is 0.461 e. The first-order chi connectivity index (χ1) is 20.2. The molecule has 13 heteroatoms. The summed E-state index contributed by atoms with van der Waals surface area (Å²) in [4.78, 5) is 27.9. The quantitative estimate of drug-likeness (QED) is 0.204. The van der Waals surface area contributed by atoms with Gasteiger partial charge in [-0.15, -0.1) is 0 Å². The number of rotatable bonds is 10. The van der Waals surface area contributed by atoms with Gasteiger partial charge in [0.25, 0.3) is 0 Å². The molecule has 1 aliphatic carbocycles. The lowest BCUT2D eigenvalue weighted by Gasteiger charge is -2.40. The van der Waals surface area contributed by atoms with E-state index in [0.29, 0.717) is 11.3 Å². The van der Waals surface area contributed by atoms with Crippen molar-refractivity contribution in [2.45, 2.75) is 77.4 Å². The summed E-state index contributed by atoms with van der Waals surface area (Å²) in [6.07, 6.45) is -3.48. The maximum absolute atomic E-state index is 14.3. The van der Waals surface area contributed by atoms with Gasteiger partial charge in [0, 0.05) is 5.56 Å². The maximum Gasteiger partial charge on any atom is 0.413 e. The van der Waals surface area contributed by atoms with E-state index in [0.717, 1.165) is 32.3 Å². The molecule has 0 spiro atoms. The molecule has 1 aliphatic rings. The number of carbonyl (C=O) groups is 2. The van der Waals surface area contributed by atoms with Gasteiger partial charge in [-0.1, -0.05) is 68.4 Å². The Labute approximate surface area is 253 Å². The van der Waals surface area contributed by atoms with Crippen LogP contribution in [0.1, 0.15) is 64.1 Å². The maximum atomic E-state index is 14.3. The SMILES string of the molecule is CC(C)OC(=O)C(CC(C)(C)C(F)(F)F)(NC(=S)NC(=O)OCc1ccccc1)c1ccc(-c2cnn(C3CC3)n2)cc1. The van der Waals surface area contributed by atoms with E-state index in [2.05, 4.69) is 20.8 Å². The van der Waals surface area contributed by atoms with Gasteiger partial charge in [0.15, 0.2) is 10.7 Å². The summed E-state index contributed by atoms with van der Waals surface area (Å²) in [5.74, 6) is -0.992. The molecule has 1 amide bonds. The molecule has 1 heterocycles. The third-order valence-electron chi connectivity index (χ3n) is 6.98. The summed E-state index contributed by atoms with van der Waals surface area (Å²) in [6, 6.07) is 15.5. The number of carbonyl (C=O) groups excluding carboxylic acids is 2. The van der Waals surface area contributed by atoms with Gasteiger partial charge >= 0.3 is 18.2 Å². The molecule has 0 aliphatic heterocycles. The Bertz CT molecular complexity index is 1440. The number of hydrogen-bond acceptors (Lipinski definition) is 7. The van der Waals surface area contributed by atoms with Gasteiger partial charge in [-0.25, -0.2) is 9.59 Å². The summed E-state index contributed by atoms with van der Waals surface area (Å²) in [6.45, 7) is 5.08. The molecule has 230 valence electrons. The smallest absolute Gasteiger partial charge is 0.413 e. The highest BCUT2D eigenvalue weighted by Crippen LogP contribution is 2.47. The third kappa shape index (κ3) is 7.89. The molecule has 9 nitrogen and oxygen atoms in total. The molecule has 1 fully saturated rings. The summed E-state index contributed by atoms with van der Waals surface area (Å²) in [7, 11) is 0. The van der Waals surface area contributed by atoms with Crippen LogP contribution in [-0.2, 0) is 26.4 Å². The van der Waals surface area contributed by atoms with Gasteiger partial charge in [0.1, 0.15) is 12.3 Å². The van der Waals surface area contributed by atoms with Crippen LogP contribution in [0.5, 0.6) is 0 Å². The molecule has 3 aromatic rings. The van der Waals surface area contributed by atoms with Gasteiger partial charge < -0.3 is 14.8 Å². The van der Waals surface area contributed by atoms with E-state index in [9.17, 15) is 22.8 Å². The number of benzene rings is 2. The Morgan fingerprint density at radius 2 is 1.72 bits per heavy atom. The van der Waals surface area contributed by atoms with Crippen LogP contribution in [0, 0.1) is 5.41 Å². The zero-order valence-corrected chi connectivity index (χ0v) is 25.1. The van der Waals surface area contributed by atoms with Crippen molar-refractivity contribution in [3.63, 3.8) is 0 Å². The molecule has 0 bridgehead atoms. The second-order valence-electron chi connectivity index (χ2n) is 11.4. The first kappa shape index (κ1) is 31.9. The van der Waals surface area contributed by atoms with Gasteiger partial charge in [-0.2, -0.15) is 28.2 Å². The predicted octanol–water partition coefficient (Wildman–Crippen LogP) is 6.21. The topological polar surface area (TPSA) is 107 Å². The summed E-state index contributed by atoms with van der Waals surface area (Å²) < 4.78 is 53.4. The number of alkyl carbamates (subject to hydrolysis) is 1. The number of aromatic nitrogens is 3. The van der Waals surface area contributed by atoms with Gasteiger partial charge in [-0.3, -0.25) is 5.32 Å². The lowest BCUT2D eigenvalue weighted by atomic mass is 9.74. The van der Waals surface area contributed by atoms with E-state index < -0.39 is 46.8 Å². The normalized spacial score (nSPS) is 15.0. The van der Waals surface area contributed by atoms with Crippen LogP contribution in [0.25, 0.3) is 11.3 Å². The van der Waals surface area contributed by atoms with E-state index in [1.54, 1.807) is 61.2 Å². The number of amides is 1. The average molecular weight is 618 g/mol. The first-order valence-electron chi connectivity index (χ1n) is 13.8. The Balaban J connectivity index is 1.66. The number of esters is 1. The predicted molar refractivity (Wildman–Crippen MR) is 157 cm³/mol. The zero-order valence-electron chi connectivity index (χ0n) is 24.3. The molecule has 1 atom stereocenters. The van der Waals surface area contributed by atoms with E-state index in [1.165, 1.54) is 12.1 Å². The van der Waals surface area contributed by atoms with E-state index >= 15 is 0 Å². The molecule has 1 aromatic heterocycles. The Kier molecular flexibility index (Phi) is 9.43. The highest BCUT2D eigenvalue weighted by molar-refractivity contribution is 7.80. The Morgan fingerprint density at radius 3 is 2.30 bits per heavy atom. The minimum Gasteiger partial charge on any atom is -0.461 e. The number of hydrogen-bond donors (Lipinski definition) is 2. The van der Waals surface area contributed by atoms with Gasteiger partial charge in [0.05, 0.1) is 23.8 Å². The first-order valence-corrected chi connectivity index (χ1v) is 14.2. The Morgan fingerprint density at radius 1 is 1.07 bits per heavy atom. The Hall–Kier alpha value is -4.00. The lowest BCUT2D eigenvalue weighted by molar-refractivity contribution is -0.220. The van der Waals surface area contributed by atoms with Crippen molar-refractivity contribution in [3.8, 4) is 11.3 Å². The van der Waals surface area contributed by atoms with Crippen LogP contribution in [0.15, 0.2) is 60.8 Å². The fourth-order valence-electron chi connectivity index (χ4n) is 4.43. The molecule has 0 saturated heterocycles. The van der Waals surface area contributed by atoms with Crippen molar-refractivity contribution in [1.29, 1.82) is 0 Å². The minimum absolute atomic E-state index is 0.0657. The second-order valence-corrected chi connectivity index (χ2v) is 11.8. The van der Waals surface area contributed by atoms with Crippen LogP contribution >= 0.6 is 12.2 Å². The minimum atomic E-state index is -4.69. The number of alkyl halides is 3. The van der Waals surface area contributed by atoms with Crippen molar-refractivity contribution in [2.75, 3.05) is 0 Å². The fourth-order valence-corrected chi connectivity index (χ4v) is 4.69. The summed E-state index contributed by atoms with van der Waals surface area (Å²) in [5.41, 5.74) is -2.42. The summed E-state index contributed by atoms with van der Waals surface area (Å²) >= 11 is 5.33. The molecule has 1 saturated carbocycles. The van der Waals surface area contributed by atoms with E-state index in [-0.39, 0.29) is 18.2 Å². The summed E-state index contributed by atoms with van der Waals surface area (Å²) in [5, 5.41) is 13.4. The van der Waals surface area contributed by atoms with Gasteiger partial charge in [-0.05, 0) is 56.5 Å². The van der Waals surface area contributed by atoms with Crippen molar-refractivity contribution < 1.29 is 32.2 Å². The number of nitrogens with one attached hydrogen (secondary N) is 2. The van der Waals surface area contributed by atoms with Gasteiger partial charge in [0.2, 0.25) is 0 Å². The lowest BCUT2D eigenvalue weighted by Crippen LogP contribution is -2.59. The molecule has 43 heavy (non-hydrogen) atoms. The molecule has 2 N–H and O–H groups in total.